The number of nitrogens with zero attached hydrogens (tertiary/aromatic N) is 1. The van der Waals surface area contributed by atoms with E-state index in [9.17, 15) is 8.42 Å². The Morgan fingerprint density at radius 1 is 1.44 bits per heavy atom. The molecule has 1 aromatic heterocycles. The predicted molar refractivity (Wildman–Crippen MR) is 72.3 cm³/mol. The van der Waals surface area contributed by atoms with Gasteiger partial charge < -0.3 is 5.11 Å². The molecular formula is C12H19NO3S2. The van der Waals surface area contributed by atoms with Crippen molar-refractivity contribution in [1.29, 1.82) is 0 Å². The summed E-state index contributed by atoms with van der Waals surface area (Å²) in [5.41, 5.74) is 0. The Morgan fingerprint density at radius 2 is 2.17 bits per heavy atom. The van der Waals surface area contributed by atoms with Gasteiger partial charge >= 0.3 is 0 Å². The zero-order valence-corrected chi connectivity index (χ0v) is 12.1. The molecule has 1 fully saturated rings. The summed E-state index contributed by atoms with van der Waals surface area (Å²) in [4.78, 5) is 1.08. The van der Waals surface area contributed by atoms with Gasteiger partial charge in [-0.2, -0.15) is 4.31 Å². The molecule has 1 aliphatic carbocycles. The second-order valence-corrected chi connectivity index (χ2v) is 7.78. The molecule has 0 radical (unpaired) electrons. The van der Waals surface area contributed by atoms with Crippen LogP contribution in [-0.4, -0.2) is 37.0 Å². The maximum Gasteiger partial charge on any atom is 0.252 e. The van der Waals surface area contributed by atoms with Crippen molar-refractivity contribution < 1.29 is 13.5 Å². The Bertz CT molecular complexity index is 491. The van der Waals surface area contributed by atoms with Gasteiger partial charge in [-0.25, -0.2) is 8.42 Å². The lowest BCUT2D eigenvalue weighted by Gasteiger charge is -2.35. The number of sulfonamides is 1. The van der Waals surface area contributed by atoms with Crippen molar-refractivity contribution in [2.45, 2.75) is 42.9 Å². The molecule has 0 unspecified atom stereocenters. The summed E-state index contributed by atoms with van der Waals surface area (Å²) in [5, 5.41) is 9.06. The van der Waals surface area contributed by atoms with Gasteiger partial charge in [0.05, 0.1) is 6.61 Å². The number of aryl methyl sites for hydroxylation is 1. The van der Waals surface area contributed by atoms with E-state index in [1.165, 1.54) is 15.6 Å². The van der Waals surface area contributed by atoms with Crippen LogP contribution >= 0.6 is 11.3 Å². The van der Waals surface area contributed by atoms with E-state index < -0.39 is 10.0 Å². The molecule has 0 saturated heterocycles. The molecule has 102 valence electrons. The van der Waals surface area contributed by atoms with Gasteiger partial charge in [-0.1, -0.05) is 13.3 Å². The molecule has 6 heteroatoms. The van der Waals surface area contributed by atoms with Crippen molar-refractivity contribution in [3.63, 3.8) is 0 Å². The lowest BCUT2D eigenvalue weighted by molar-refractivity contribution is 0.178. The zero-order chi connectivity index (χ0) is 13.2. The lowest BCUT2D eigenvalue weighted by atomic mass is 9.93. The average molecular weight is 289 g/mol. The van der Waals surface area contributed by atoms with Crippen molar-refractivity contribution >= 4 is 21.4 Å². The molecular weight excluding hydrogens is 270 g/mol. The Morgan fingerprint density at radius 3 is 2.61 bits per heavy atom. The highest BCUT2D eigenvalue weighted by Gasteiger charge is 2.35. The maximum absolute atomic E-state index is 12.5. The summed E-state index contributed by atoms with van der Waals surface area (Å²) in [5.74, 6) is 0. The van der Waals surface area contributed by atoms with E-state index in [-0.39, 0.29) is 19.2 Å². The van der Waals surface area contributed by atoms with Crippen molar-refractivity contribution in [3.05, 3.63) is 17.0 Å². The predicted octanol–water partition coefficient (Wildman–Crippen LogP) is 1.85. The standard InChI is InChI=1S/C12H19NO3S2/c1-2-11-6-7-12(17-11)18(15,16)13(8-9-14)10-4-3-5-10/h6-7,10,14H,2-5,8-9H2,1H3. The highest BCUT2D eigenvalue weighted by Crippen LogP contribution is 2.32. The lowest BCUT2D eigenvalue weighted by Crippen LogP contribution is -2.45. The van der Waals surface area contributed by atoms with Gasteiger partial charge in [-0.05, 0) is 31.4 Å². The highest BCUT2D eigenvalue weighted by molar-refractivity contribution is 7.91. The molecule has 0 aliphatic heterocycles. The molecule has 2 rings (SSSR count). The van der Waals surface area contributed by atoms with Crippen LogP contribution in [-0.2, 0) is 16.4 Å². The fourth-order valence-corrected chi connectivity index (χ4v) is 5.18. The summed E-state index contributed by atoms with van der Waals surface area (Å²) in [6.07, 6.45) is 3.74. The van der Waals surface area contributed by atoms with Crippen LogP contribution in [0.5, 0.6) is 0 Å². The highest BCUT2D eigenvalue weighted by atomic mass is 32.2. The normalized spacial score (nSPS) is 17.1. The van der Waals surface area contributed by atoms with Crippen LogP contribution in [0.1, 0.15) is 31.1 Å². The third-order valence-corrected chi connectivity index (χ3v) is 7.00. The van der Waals surface area contributed by atoms with E-state index in [0.717, 1.165) is 30.6 Å². The number of aliphatic hydroxyl groups is 1. The van der Waals surface area contributed by atoms with Crippen LogP contribution < -0.4 is 0 Å². The van der Waals surface area contributed by atoms with E-state index in [1.807, 2.05) is 13.0 Å². The van der Waals surface area contributed by atoms with Crippen LogP contribution in [0.3, 0.4) is 0 Å². The topological polar surface area (TPSA) is 57.6 Å². The minimum Gasteiger partial charge on any atom is -0.395 e. The fraction of sp³-hybridized carbons (Fsp3) is 0.667. The number of rotatable bonds is 6. The summed E-state index contributed by atoms with van der Waals surface area (Å²) in [7, 11) is -3.42. The van der Waals surface area contributed by atoms with Gasteiger partial charge in [0.15, 0.2) is 0 Å². The van der Waals surface area contributed by atoms with E-state index in [2.05, 4.69) is 0 Å². The second kappa shape index (κ2) is 5.69. The van der Waals surface area contributed by atoms with Crippen molar-refractivity contribution in [2.24, 2.45) is 0 Å². The van der Waals surface area contributed by atoms with Crippen LogP contribution in [0.4, 0.5) is 0 Å². The first-order valence-electron chi connectivity index (χ1n) is 6.31. The van der Waals surface area contributed by atoms with Gasteiger partial charge in [0.1, 0.15) is 4.21 Å². The van der Waals surface area contributed by atoms with Crippen LogP contribution in [0, 0.1) is 0 Å². The second-order valence-electron chi connectivity index (χ2n) is 4.50. The Balaban J connectivity index is 2.26. The smallest absolute Gasteiger partial charge is 0.252 e. The molecule has 1 aromatic rings. The molecule has 1 N–H and O–H groups in total. The van der Waals surface area contributed by atoms with Gasteiger partial charge in [0.2, 0.25) is 0 Å². The monoisotopic (exact) mass is 289 g/mol. The van der Waals surface area contributed by atoms with Crippen LogP contribution in [0.2, 0.25) is 0 Å². The number of hydrogen-bond donors (Lipinski definition) is 1. The van der Waals surface area contributed by atoms with Crippen molar-refractivity contribution in [2.75, 3.05) is 13.2 Å². The minimum absolute atomic E-state index is 0.0781. The fourth-order valence-electron chi connectivity index (χ4n) is 2.07. The first-order chi connectivity index (χ1) is 8.59. The molecule has 0 spiro atoms. The molecule has 1 aliphatic rings. The first kappa shape index (κ1) is 14.0. The van der Waals surface area contributed by atoms with E-state index in [1.54, 1.807) is 6.07 Å². The summed E-state index contributed by atoms with van der Waals surface area (Å²) in [6, 6.07) is 3.63. The molecule has 0 atom stereocenters. The Hall–Kier alpha value is -0.430. The maximum atomic E-state index is 12.5. The molecule has 0 amide bonds. The summed E-state index contributed by atoms with van der Waals surface area (Å²) >= 11 is 1.33. The van der Waals surface area contributed by atoms with Gasteiger partial charge in [0.25, 0.3) is 10.0 Å². The third-order valence-electron chi connectivity index (χ3n) is 3.35. The van der Waals surface area contributed by atoms with Gasteiger partial charge in [-0.3, -0.25) is 0 Å². The quantitative estimate of drug-likeness (QED) is 0.869. The Labute approximate surface area is 112 Å². The molecule has 0 aromatic carbocycles. The summed E-state index contributed by atoms with van der Waals surface area (Å²) in [6.45, 7) is 2.09. The SMILES string of the molecule is CCc1ccc(S(=O)(=O)N(CCO)C2CCC2)s1. The van der Waals surface area contributed by atoms with Crippen LogP contribution in [0.15, 0.2) is 16.3 Å². The number of hydrogen-bond acceptors (Lipinski definition) is 4. The van der Waals surface area contributed by atoms with Crippen molar-refractivity contribution in [3.8, 4) is 0 Å². The summed E-state index contributed by atoms with van der Waals surface area (Å²) < 4.78 is 26.9. The molecule has 0 bridgehead atoms. The Kier molecular flexibility index (Phi) is 4.42. The molecule has 1 saturated carbocycles. The zero-order valence-electron chi connectivity index (χ0n) is 10.5. The molecule has 4 nitrogen and oxygen atoms in total. The largest absolute Gasteiger partial charge is 0.395 e. The van der Waals surface area contributed by atoms with Crippen molar-refractivity contribution in [1.82, 2.24) is 4.31 Å². The van der Waals surface area contributed by atoms with E-state index in [4.69, 9.17) is 5.11 Å². The van der Waals surface area contributed by atoms with Crippen LogP contribution in [0.25, 0.3) is 0 Å². The number of aliphatic hydroxyl groups excluding tert-OH is 1. The minimum atomic E-state index is -3.42. The first-order valence-corrected chi connectivity index (χ1v) is 8.56. The number of thiophene rings is 1. The molecule has 18 heavy (non-hydrogen) atoms. The van der Waals surface area contributed by atoms with Gasteiger partial charge in [-0.15, -0.1) is 11.3 Å². The molecule has 1 heterocycles. The van der Waals surface area contributed by atoms with E-state index in [0.29, 0.717) is 4.21 Å². The van der Waals surface area contributed by atoms with E-state index >= 15 is 0 Å². The third kappa shape index (κ3) is 2.61. The average Bonchev–Trinajstić information content (AvgIpc) is 2.75. The van der Waals surface area contributed by atoms with Gasteiger partial charge in [0, 0.05) is 17.5 Å².